The molecule has 0 spiro atoms. The molecular formula is C16H15NO3. The van der Waals surface area contributed by atoms with E-state index in [0.717, 1.165) is 23.2 Å². The van der Waals surface area contributed by atoms with Crippen molar-refractivity contribution < 1.29 is 9.90 Å². The zero-order valence-electron chi connectivity index (χ0n) is 11.4. The van der Waals surface area contributed by atoms with Crippen molar-refractivity contribution in [2.24, 2.45) is 0 Å². The van der Waals surface area contributed by atoms with Crippen molar-refractivity contribution in [3.63, 3.8) is 0 Å². The van der Waals surface area contributed by atoms with Crippen molar-refractivity contribution in [3.05, 3.63) is 57.4 Å². The van der Waals surface area contributed by atoms with Gasteiger partial charge < -0.3 is 9.67 Å². The largest absolute Gasteiger partial charge is 0.477 e. The monoisotopic (exact) mass is 269 g/mol. The molecule has 0 saturated heterocycles. The molecule has 4 nitrogen and oxygen atoms in total. The Hall–Kier alpha value is -2.36. The van der Waals surface area contributed by atoms with Crippen LogP contribution in [0.2, 0.25) is 0 Å². The van der Waals surface area contributed by atoms with Crippen LogP contribution in [0, 0.1) is 6.92 Å². The first-order chi connectivity index (χ1) is 9.47. The molecule has 0 amide bonds. The summed E-state index contributed by atoms with van der Waals surface area (Å²) >= 11 is 0. The van der Waals surface area contributed by atoms with Crippen molar-refractivity contribution in [3.8, 4) is 11.3 Å². The topological polar surface area (TPSA) is 59.3 Å². The normalized spacial score (nSPS) is 16.4. The van der Waals surface area contributed by atoms with E-state index in [2.05, 4.69) is 12.1 Å². The van der Waals surface area contributed by atoms with E-state index >= 15 is 0 Å². The predicted octanol–water partition coefficient (Wildman–Crippen LogP) is 2.64. The minimum atomic E-state index is -1.17. The third-order valence-corrected chi connectivity index (χ3v) is 3.84. The highest BCUT2D eigenvalue weighted by Crippen LogP contribution is 2.34. The maximum Gasteiger partial charge on any atom is 0.341 e. The summed E-state index contributed by atoms with van der Waals surface area (Å²) in [5, 5.41) is 9.08. The number of hydrogen-bond donors (Lipinski definition) is 1. The van der Waals surface area contributed by atoms with Crippen LogP contribution < -0.4 is 5.43 Å². The maximum atomic E-state index is 11.9. The lowest BCUT2D eigenvalue weighted by Crippen LogP contribution is -2.24. The first-order valence-corrected chi connectivity index (χ1v) is 6.57. The van der Waals surface area contributed by atoms with Crippen LogP contribution in [0.5, 0.6) is 0 Å². The summed E-state index contributed by atoms with van der Waals surface area (Å²) in [5.41, 5.74) is 3.54. The number of carboxylic acids is 1. The fourth-order valence-corrected chi connectivity index (χ4v) is 2.81. The lowest BCUT2D eigenvalue weighted by molar-refractivity contribution is 0.0694. The maximum absolute atomic E-state index is 11.9. The summed E-state index contributed by atoms with van der Waals surface area (Å²) in [6.07, 6.45) is 2.31. The zero-order valence-corrected chi connectivity index (χ0v) is 11.4. The van der Waals surface area contributed by atoms with Crippen molar-refractivity contribution in [2.75, 3.05) is 0 Å². The molecule has 0 bridgehead atoms. The molecule has 3 rings (SSSR count). The first kappa shape index (κ1) is 12.7. The van der Waals surface area contributed by atoms with E-state index in [1.807, 2.05) is 24.5 Å². The van der Waals surface area contributed by atoms with Crippen molar-refractivity contribution in [1.82, 2.24) is 4.57 Å². The standard InChI is InChI=1S/C16H15NO3/c1-9-3-4-11-6-10(2)17-8-13(16(19)20)15(18)7-14(17)12(11)5-9/h3-5,7-8,10H,6H2,1-2H3,(H,19,20). The Balaban J connectivity index is 2.32. The van der Waals surface area contributed by atoms with Crippen LogP contribution in [-0.2, 0) is 6.42 Å². The Morgan fingerprint density at radius 1 is 1.35 bits per heavy atom. The number of aromatic carboxylic acids is 1. The number of benzene rings is 1. The first-order valence-electron chi connectivity index (χ1n) is 6.57. The summed E-state index contributed by atoms with van der Waals surface area (Å²) in [5.74, 6) is -1.17. The molecule has 1 atom stereocenters. The van der Waals surface area contributed by atoms with Gasteiger partial charge in [-0.3, -0.25) is 4.79 Å². The van der Waals surface area contributed by atoms with Crippen LogP contribution in [0.15, 0.2) is 35.3 Å². The van der Waals surface area contributed by atoms with Gasteiger partial charge in [0.15, 0.2) is 5.43 Å². The van der Waals surface area contributed by atoms with Crippen molar-refractivity contribution in [1.29, 1.82) is 0 Å². The van der Waals surface area contributed by atoms with Gasteiger partial charge in [-0.1, -0.05) is 17.7 Å². The number of rotatable bonds is 1. The van der Waals surface area contributed by atoms with Gasteiger partial charge in [-0.15, -0.1) is 0 Å². The molecule has 1 N–H and O–H groups in total. The van der Waals surface area contributed by atoms with E-state index in [4.69, 9.17) is 5.11 Å². The average molecular weight is 269 g/mol. The number of hydrogen-bond acceptors (Lipinski definition) is 2. The Kier molecular flexibility index (Phi) is 2.74. The molecule has 1 aromatic heterocycles. The van der Waals surface area contributed by atoms with Crippen LogP contribution in [0.1, 0.15) is 34.5 Å². The Morgan fingerprint density at radius 2 is 2.10 bits per heavy atom. The highest BCUT2D eigenvalue weighted by molar-refractivity contribution is 5.87. The van der Waals surface area contributed by atoms with E-state index in [1.165, 1.54) is 17.8 Å². The molecule has 1 aliphatic rings. The smallest absolute Gasteiger partial charge is 0.341 e. The second-order valence-corrected chi connectivity index (χ2v) is 5.36. The van der Waals surface area contributed by atoms with E-state index < -0.39 is 11.4 Å². The number of fused-ring (bicyclic) bond motifs is 3. The Bertz CT molecular complexity index is 774. The van der Waals surface area contributed by atoms with Gasteiger partial charge in [0, 0.05) is 23.9 Å². The Labute approximate surface area is 116 Å². The quantitative estimate of drug-likeness (QED) is 0.865. The summed E-state index contributed by atoms with van der Waals surface area (Å²) < 4.78 is 1.90. The molecule has 20 heavy (non-hydrogen) atoms. The van der Waals surface area contributed by atoms with E-state index in [1.54, 1.807) is 0 Å². The summed E-state index contributed by atoms with van der Waals surface area (Å²) in [6, 6.07) is 7.77. The molecule has 102 valence electrons. The van der Waals surface area contributed by atoms with E-state index in [-0.39, 0.29) is 11.6 Å². The third-order valence-electron chi connectivity index (χ3n) is 3.84. The van der Waals surface area contributed by atoms with Crippen LogP contribution in [-0.4, -0.2) is 15.6 Å². The molecule has 0 fully saturated rings. The molecule has 2 heterocycles. The molecule has 0 radical (unpaired) electrons. The molecule has 1 aromatic carbocycles. The number of carbonyl (C=O) groups is 1. The van der Waals surface area contributed by atoms with Crippen LogP contribution in [0.4, 0.5) is 0 Å². The highest BCUT2D eigenvalue weighted by atomic mass is 16.4. The number of pyridine rings is 1. The minimum absolute atomic E-state index is 0.138. The van der Waals surface area contributed by atoms with Crippen LogP contribution >= 0.6 is 0 Å². The average Bonchev–Trinajstić information content (AvgIpc) is 2.39. The van der Waals surface area contributed by atoms with Gasteiger partial charge in [0.25, 0.3) is 0 Å². The molecule has 2 aromatic rings. The van der Waals surface area contributed by atoms with Gasteiger partial charge in [-0.25, -0.2) is 4.79 Å². The molecular weight excluding hydrogens is 254 g/mol. The van der Waals surface area contributed by atoms with Crippen LogP contribution in [0.25, 0.3) is 11.3 Å². The molecule has 1 aliphatic heterocycles. The zero-order chi connectivity index (χ0) is 14.4. The lowest BCUT2D eigenvalue weighted by Gasteiger charge is -2.28. The number of carboxylic acid groups (broad SMARTS) is 1. The SMILES string of the molecule is Cc1ccc2c(c1)-c1cc(=O)c(C(=O)O)cn1C(C)C2. The number of nitrogens with zero attached hydrogens (tertiary/aromatic N) is 1. The fourth-order valence-electron chi connectivity index (χ4n) is 2.81. The third kappa shape index (κ3) is 1.84. The highest BCUT2D eigenvalue weighted by Gasteiger charge is 2.23. The van der Waals surface area contributed by atoms with Gasteiger partial charge >= 0.3 is 5.97 Å². The summed E-state index contributed by atoms with van der Waals surface area (Å²) in [7, 11) is 0. The molecule has 1 unspecified atom stereocenters. The molecule has 0 saturated carbocycles. The van der Waals surface area contributed by atoms with Crippen molar-refractivity contribution >= 4 is 5.97 Å². The predicted molar refractivity (Wildman–Crippen MR) is 76.2 cm³/mol. The van der Waals surface area contributed by atoms with Gasteiger partial charge in [0.05, 0.1) is 5.69 Å². The lowest BCUT2D eigenvalue weighted by atomic mass is 9.91. The Morgan fingerprint density at radius 3 is 2.80 bits per heavy atom. The van der Waals surface area contributed by atoms with E-state index in [0.29, 0.717) is 0 Å². The second kappa shape index (κ2) is 4.34. The second-order valence-electron chi connectivity index (χ2n) is 5.36. The minimum Gasteiger partial charge on any atom is -0.477 e. The number of aromatic nitrogens is 1. The molecule has 0 aliphatic carbocycles. The van der Waals surface area contributed by atoms with Gasteiger partial charge in [0.2, 0.25) is 0 Å². The molecule has 4 heteroatoms. The van der Waals surface area contributed by atoms with E-state index in [9.17, 15) is 9.59 Å². The van der Waals surface area contributed by atoms with Gasteiger partial charge in [-0.2, -0.15) is 0 Å². The van der Waals surface area contributed by atoms with Gasteiger partial charge in [-0.05, 0) is 31.9 Å². The summed E-state index contributed by atoms with van der Waals surface area (Å²) in [6.45, 7) is 4.04. The van der Waals surface area contributed by atoms with Crippen molar-refractivity contribution in [2.45, 2.75) is 26.3 Å². The summed E-state index contributed by atoms with van der Waals surface area (Å²) in [4.78, 5) is 23.0. The van der Waals surface area contributed by atoms with Gasteiger partial charge in [0.1, 0.15) is 5.56 Å². The fraction of sp³-hybridized carbons (Fsp3) is 0.250. The van der Waals surface area contributed by atoms with Crippen LogP contribution in [0.3, 0.4) is 0 Å². The number of aryl methyl sites for hydroxylation is 1.